The van der Waals surface area contributed by atoms with E-state index in [-0.39, 0.29) is 0 Å². The van der Waals surface area contributed by atoms with Gasteiger partial charge in [0.15, 0.2) is 0 Å². The van der Waals surface area contributed by atoms with Gasteiger partial charge in [0.1, 0.15) is 0 Å². The molecule has 1 aliphatic carbocycles. The molecule has 6 heavy (non-hydrogen) atoms. The molecule has 0 aromatic carbocycles. The van der Waals surface area contributed by atoms with Crippen molar-refractivity contribution in [2.45, 2.75) is 6.42 Å². The van der Waals surface area contributed by atoms with Crippen LogP contribution in [0.2, 0.25) is 0 Å². The molecule has 1 heteroatoms. The first-order chi connectivity index (χ1) is 2.89. The van der Waals surface area contributed by atoms with Crippen LogP contribution in [0.15, 0.2) is 19.8 Å². The standard InChI is InChI=1S/C5H5.Dy/c1-2-4-5-3-1;/h1-3H,4H2;. The Bertz CT molecular complexity index is 101. The van der Waals surface area contributed by atoms with E-state index in [0.29, 0.717) is 0 Å². The molecule has 1 aliphatic rings. The van der Waals surface area contributed by atoms with Crippen LogP contribution in [0.25, 0.3) is 0 Å². The molecule has 0 fully saturated rings. The Morgan fingerprint density at radius 3 is 2.67 bits per heavy atom. The van der Waals surface area contributed by atoms with Gasteiger partial charge in [0.2, 0.25) is 0 Å². The first-order valence-electron chi connectivity index (χ1n) is 1.88. The number of rotatable bonds is 0. The fourth-order valence-electron chi connectivity index (χ4n) is 0.408. The molecule has 0 unspecified atom stereocenters. The molecular weight excluding hydrogens is 223 g/mol. The molecule has 0 saturated carbocycles. The topological polar surface area (TPSA) is 0 Å². The summed E-state index contributed by atoms with van der Waals surface area (Å²) in [4.78, 5) is 0. The maximum atomic E-state index is 2.32. The molecular formula is C5H5Dy. The van der Waals surface area contributed by atoms with Crippen molar-refractivity contribution in [3.63, 3.8) is 0 Å². The normalized spacial score (nSPS) is 18.7. The summed E-state index contributed by atoms with van der Waals surface area (Å²) < 4.78 is 1.44. The zero-order valence-electron chi connectivity index (χ0n) is 3.26. The maximum absolute atomic E-state index is 2.32. The molecule has 0 saturated heterocycles. The van der Waals surface area contributed by atoms with E-state index in [4.69, 9.17) is 0 Å². The van der Waals surface area contributed by atoms with Gasteiger partial charge in [0, 0.05) is 0 Å². The van der Waals surface area contributed by atoms with E-state index in [9.17, 15) is 0 Å². The molecule has 0 aliphatic heterocycles. The van der Waals surface area contributed by atoms with Crippen molar-refractivity contribution in [1.29, 1.82) is 0 Å². The third kappa shape index (κ3) is 1.11. The Morgan fingerprint density at radius 1 is 1.67 bits per heavy atom. The predicted molar refractivity (Wildman–Crippen MR) is 21.8 cm³/mol. The Balaban J connectivity index is 2.61. The zero-order valence-corrected chi connectivity index (χ0v) is 5.28. The number of hydrogen-bond donors (Lipinski definition) is 0. The third-order valence-electron chi connectivity index (χ3n) is 0.703. The van der Waals surface area contributed by atoms with Crippen molar-refractivity contribution >= 4 is 0 Å². The number of hydrogen-bond acceptors (Lipinski definition) is 0. The van der Waals surface area contributed by atoms with Crippen LogP contribution in [0.3, 0.4) is 0 Å². The summed E-state index contributed by atoms with van der Waals surface area (Å²) in [5.41, 5.74) is 0. The van der Waals surface area contributed by atoms with Gasteiger partial charge in [0.25, 0.3) is 0 Å². The van der Waals surface area contributed by atoms with Gasteiger partial charge in [-0.05, 0) is 0 Å². The van der Waals surface area contributed by atoms with Crippen molar-refractivity contribution < 1.29 is 36.2 Å². The molecule has 1 rings (SSSR count). The minimum absolute atomic E-state index is 1.15. The summed E-state index contributed by atoms with van der Waals surface area (Å²) in [7, 11) is 0. The van der Waals surface area contributed by atoms with Gasteiger partial charge in [-0.15, -0.1) is 0 Å². The minimum atomic E-state index is 1.15. The average Bonchev–Trinajstić information content (AvgIpc) is 1.86. The van der Waals surface area contributed by atoms with Gasteiger partial charge < -0.3 is 0 Å². The monoisotopic (exact) mass is 229 g/mol. The van der Waals surface area contributed by atoms with E-state index in [1.807, 2.05) is 0 Å². The van der Waals surface area contributed by atoms with E-state index in [1.54, 1.807) is 0 Å². The summed E-state index contributed by atoms with van der Waals surface area (Å²) >= 11 is 2.32. The van der Waals surface area contributed by atoms with E-state index in [1.165, 1.54) is 1.61 Å². The van der Waals surface area contributed by atoms with Crippen LogP contribution in [0, 0.1) is 36.2 Å². The quantitative estimate of drug-likeness (QED) is 0.587. The van der Waals surface area contributed by atoms with Crippen LogP contribution >= 0.6 is 0 Å². The van der Waals surface area contributed by atoms with E-state index < -0.39 is 0 Å². The number of allylic oxidation sites excluding steroid dienone is 4. The molecule has 0 aromatic heterocycles. The molecule has 0 spiro atoms. The van der Waals surface area contributed by atoms with Crippen molar-refractivity contribution in [2.24, 2.45) is 0 Å². The molecule has 0 amide bonds. The summed E-state index contributed by atoms with van der Waals surface area (Å²) in [5, 5.41) is 0. The van der Waals surface area contributed by atoms with Gasteiger partial charge in [-0.25, -0.2) is 0 Å². The molecule has 0 bridgehead atoms. The molecule has 0 atom stereocenters. The molecule has 0 heterocycles. The average molecular weight is 228 g/mol. The summed E-state index contributed by atoms with van der Waals surface area (Å²) in [6.07, 6.45) is 7.52. The van der Waals surface area contributed by atoms with Gasteiger partial charge in [-0.3, -0.25) is 0 Å². The van der Waals surface area contributed by atoms with E-state index >= 15 is 0 Å². The second-order valence-electron chi connectivity index (χ2n) is 1.21. The summed E-state index contributed by atoms with van der Waals surface area (Å²) in [6.45, 7) is 0. The first-order valence-corrected chi connectivity index (χ1v) is 2.89. The first kappa shape index (κ1) is 4.90. The molecule has 0 radical (unpaired) electrons. The molecule has 0 nitrogen and oxygen atoms in total. The van der Waals surface area contributed by atoms with Gasteiger partial charge in [0.05, 0.1) is 0 Å². The van der Waals surface area contributed by atoms with Gasteiger partial charge in [-0.2, -0.15) is 0 Å². The van der Waals surface area contributed by atoms with Crippen LogP contribution in [0.1, 0.15) is 6.42 Å². The fourth-order valence-corrected chi connectivity index (χ4v) is 0.842. The predicted octanol–water partition coefficient (Wildman–Crippen LogP) is 1.38. The van der Waals surface area contributed by atoms with Crippen LogP contribution in [-0.4, -0.2) is 0 Å². The summed E-state index contributed by atoms with van der Waals surface area (Å²) in [5.74, 6) is 0. The van der Waals surface area contributed by atoms with Crippen LogP contribution < -0.4 is 0 Å². The molecule has 35 valence electrons. The van der Waals surface area contributed by atoms with Crippen molar-refractivity contribution in [3.8, 4) is 0 Å². The van der Waals surface area contributed by atoms with Gasteiger partial charge >= 0.3 is 62.5 Å². The Labute approximate surface area is 61.9 Å². The van der Waals surface area contributed by atoms with Crippen LogP contribution in [-0.2, 0) is 0 Å². The van der Waals surface area contributed by atoms with E-state index in [2.05, 4.69) is 54.4 Å². The SMILES string of the molecule is [Dy][C]1=CC=CC1. The van der Waals surface area contributed by atoms with Gasteiger partial charge in [-0.1, -0.05) is 0 Å². The zero-order chi connectivity index (χ0) is 4.41. The third-order valence-corrected chi connectivity index (χ3v) is 1.46. The molecule has 0 N–H and O–H groups in total. The Morgan fingerprint density at radius 2 is 2.50 bits per heavy atom. The Hall–Kier alpha value is 0.753. The Kier molecular flexibility index (Phi) is 1.77. The van der Waals surface area contributed by atoms with Crippen LogP contribution in [0.5, 0.6) is 0 Å². The second kappa shape index (κ2) is 2.16. The van der Waals surface area contributed by atoms with Crippen molar-refractivity contribution in [1.82, 2.24) is 0 Å². The second-order valence-corrected chi connectivity index (χ2v) is 2.51. The summed E-state index contributed by atoms with van der Waals surface area (Å²) in [6, 6.07) is 0. The van der Waals surface area contributed by atoms with E-state index in [0.717, 1.165) is 6.42 Å². The molecule has 0 aromatic rings. The fraction of sp³-hybridized carbons (Fsp3) is 0.200. The van der Waals surface area contributed by atoms with Crippen LogP contribution in [0.4, 0.5) is 0 Å². The van der Waals surface area contributed by atoms with Crippen molar-refractivity contribution in [3.05, 3.63) is 19.8 Å². The van der Waals surface area contributed by atoms with Crippen molar-refractivity contribution in [2.75, 3.05) is 0 Å².